The minimum absolute atomic E-state index is 0.537. The second-order valence-corrected chi connectivity index (χ2v) is 4.72. The van der Waals surface area contributed by atoms with Crippen molar-refractivity contribution in [1.82, 2.24) is 15.1 Å². The molecule has 0 aromatic carbocycles. The Balaban J connectivity index is 2.95. The topological polar surface area (TPSA) is 29.9 Å². The first-order chi connectivity index (χ1) is 8.11. The Bertz CT molecular complexity index is 341. The van der Waals surface area contributed by atoms with Gasteiger partial charge in [0.2, 0.25) is 0 Å². The first kappa shape index (κ1) is 14.6. The van der Waals surface area contributed by atoms with E-state index in [0.29, 0.717) is 23.3 Å². The van der Waals surface area contributed by atoms with Crippen LogP contribution in [0.3, 0.4) is 0 Å². The predicted molar refractivity (Wildman–Crippen MR) is 67.3 cm³/mol. The van der Waals surface area contributed by atoms with E-state index in [-0.39, 0.29) is 0 Å². The van der Waals surface area contributed by atoms with Crippen LogP contribution in [0.1, 0.15) is 38.4 Å². The summed E-state index contributed by atoms with van der Waals surface area (Å²) in [6.45, 7) is 5.17. The van der Waals surface area contributed by atoms with Crippen LogP contribution in [0.15, 0.2) is 10.7 Å². The van der Waals surface area contributed by atoms with Crippen LogP contribution in [0.4, 0.5) is 8.78 Å². The molecule has 1 rings (SSSR count). The van der Waals surface area contributed by atoms with Crippen molar-refractivity contribution in [2.75, 3.05) is 6.54 Å². The molecule has 1 heterocycles. The summed E-state index contributed by atoms with van der Waals surface area (Å²) in [5.74, 6) is 0. The zero-order valence-corrected chi connectivity index (χ0v) is 11.7. The third-order valence-corrected chi connectivity index (χ3v) is 3.04. The number of nitrogens with one attached hydrogen (secondary N) is 1. The molecule has 1 N–H and O–H groups in total. The molecule has 0 radical (unpaired) electrons. The van der Waals surface area contributed by atoms with E-state index in [1.165, 1.54) is 0 Å². The monoisotopic (exact) mass is 309 g/mol. The Morgan fingerprint density at radius 2 is 2.12 bits per heavy atom. The lowest BCUT2D eigenvalue weighted by Gasteiger charge is -2.19. The van der Waals surface area contributed by atoms with Crippen LogP contribution in [0, 0.1) is 0 Å². The number of alkyl halides is 2. The second-order valence-electron chi connectivity index (χ2n) is 3.87. The summed E-state index contributed by atoms with van der Waals surface area (Å²) in [5.41, 5.74) is 0.537. The van der Waals surface area contributed by atoms with Gasteiger partial charge in [-0.05, 0) is 35.3 Å². The summed E-state index contributed by atoms with van der Waals surface area (Å²) in [6, 6.07) is -0.960. The highest BCUT2D eigenvalue weighted by Gasteiger charge is 2.27. The lowest BCUT2D eigenvalue weighted by Crippen LogP contribution is -2.30. The van der Waals surface area contributed by atoms with Gasteiger partial charge in [0.05, 0.1) is 16.4 Å². The highest BCUT2D eigenvalue weighted by Crippen LogP contribution is 2.28. The minimum Gasteiger partial charge on any atom is -0.304 e. The molecule has 0 saturated heterocycles. The fourth-order valence-corrected chi connectivity index (χ4v) is 2.22. The van der Waals surface area contributed by atoms with Crippen molar-refractivity contribution in [1.29, 1.82) is 0 Å². The van der Waals surface area contributed by atoms with Gasteiger partial charge in [-0.25, -0.2) is 8.78 Å². The molecule has 0 aliphatic carbocycles. The van der Waals surface area contributed by atoms with Gasteiger partial charge in [-0.1, -0.05) is 13.8 Å². The molecule has 98 valence electrons. The van der Waals surface area contributed by atoms with Crippen molar-refractivity contribution in [3.8, 4) is 0 Å². The summed E-state index contributed by atoms with van der Waals surface area (Å²) in [6.07, 6.45) is 0.826. The van der Waals surface area contributed by atoms with Gasteiger partial charge in [0.25, 0.3) is 6.43 Å². The molecular weight excluding hydrogens is 292 g/mol. The Kier molecular flexibility index (Phi) is 6.05. The van der Waals surface area contributed by atoms with E-state index < -0.39 is 12.5 Å². The second kappa shape index (κ2) is 7.06. The first-order valence-corrected chi connectivity index (χ1v) is 6.63. The van der Waals surface area contributed by atoms with E-state index in [0.717, 1.165) is 12.8 Å². The molecule has 6 heteroatoms. The van der Waals surface area contributed by atoms with Gasteiger partial charge in [0, 0.05) is 6.54 Å². The SMILES string of the molecule is CCCNC(c1c(Br)cnn1CCC)C(F)F. The molecule has 1 unspecified atom stereocenters. The molecule has 17 heavy (non-hydrogen) atoms. The molecule has 0 saturated carbocycles. The minimum atomic E-state index is -2.44. The van der Waals surface area contributed by atoms with Crippen molar-refractivity contribution in [2.45, 2.75) is 45.7 Å². The van der Waals surface area contributed by atoms with Crippen molar-refractivity contribution in [3.63, 3.8) is 0 Å². The predicted octanol–water partition coefficient (Wildman–Crippen LogP) is 3.36. The molecule has 0 aliphatic heterocycles. The number of hydrogen-bond acceptors (Lipinski definition) is 2. The van der Waals surface area contributed by atoms with E-state index in [9.17, 15) is 8.78 Å². The molecule has 0 aliphatic rings. The maximum absolute atomic E-state index is 13.1. The summed E-state index contributed by atoms with van der Waals surface area (Å²) >= 11 is 3.29. The Morgan fingerprint density at radius 1 is 1.41 bits per heavy atom. The Morgan fingerprint density at radius 3 is 2.65 bits per heavy atom. The summed E-state index contributed by atoms with van der Waals surface area (Å²) in [5, 5.41) is 6.98. The molecule has 0 spiro atoms. The molecule has 1 atom stereocenters. The lowest BCUT2D eigenvalue weighted by atomic mass is 10.2. The highest BCUT2D eigenvalue weighted by molar-refractivity contribution is 9.10. The van der Waals surface area contributed by atoms with Crippen LogP contribution in [0.2, 0.25) is 0 Å². The van der Waals surface area contributed by atoms with Gasteiger partial charge < -0.3 is 5.32 Å². The van der Waals surface area contributed by atoms with E-state index in [2.05, 4.69) is 26.3 Å². The number of aryl methyl sites for hydroxylation is 1. The fourth-order valence-electron chi connectivity index (χ4n) is 1.68. The Hall–Kier alpha value is -0.490. The first-order valence-electron chi connectivity index (χ1n) is 5.84. The number of rotatable bonds is 7. The molecule has 3 nitrogen and oxygen atoms in total. The van der Waals surface area contributed by atoms with Crippen LogP contribution in [-0.4, -0.2) is 22.8 Å². The summed E-state index contributed by atoms with van der Waals surface area (Å²) in [4.78, 5) is 0. The number of halogens is 3. The zero-order chi connectivity index (χ0) is 12.8. The van der Waals surface area contributed by atoms with E-state index in [4.69, 9.17) is 0 Å². The average Bonchev–Trinajstić information content (AvgIpc) is 2.62. The third-order valence-electron chi connectivity index (χ3n) is 2.43. The average molecular weight is 310 g/mol. The van der Waals surface area contributed by atoms with Crippen LogP contribution >= 0.6 is 15.9 Å². The summed E-state index contributed by atoms with van der Waals surface area (Å²) in [7, 11) is 0. The van der Waals surface area contributed by atoms with Gasteiger partial charge >= 0.3 is 0 Å². The number of aromatic nitrogens is 2. The maximum atomic E-state index is 13.1. The van der Waals surface area contributed by atoms with E-state index in [1.54, 1.807) is 10.9 Å². The van der Waals surface area contributed by atoms with Gasteiger partial charge in [0.1, 0.15) is 6.04 Å². The molecule has 0 fully saturated rings. The van der Waals surface area contributed by atoms with Crippen LogP contribution in [-0.2, 0) is 6.54 Å². The van der Waals surface area contributed by atoms with Crippen LogP contribution < -0.4 is 5.32 Å². The fraction of sp³-hybridized carbons (Fsp3) is 0.727. The normalized spacial score (nSPS) is 13.3. The Labute approximate surface area is 109 Å². The van der Waals surface area contributed by atoms with Crippen molar-refractivity contribution in [3.05, 3.63) is 16.4 Å². The standard InChI is InChI=1S/C11H18BrF2N3/c1-3-5-15-9(11(13)14)10-8(12)7-16-17(10)6-4-2/h7,9,11,15H,3-6H2,1-2H3. The van der Waals surface area contributed by atoms with Crippen molar-refractivity contribution >= 4 is 15.9 Å². The molecule has 0 bridgehead atoms. The van der Waals surface area contributed by atoms with Crippen molar-refractivity contribution < 1.29 is 8.78 Å². The highest BCUT2D eigenvalue weighted by atomic mass is 79.9. The van der Waals surface area contributed by atoms with Crippen LogP contribution in [0.25, 0.3) is 0 Å². The van der Waals surface area contributed by atoms with Crippen LogP contribution in [0.5, 0.6) is 0 Å². The molecule has 1 aromatic rings. The quantitative estimate of drug-likeness (QED) is 0.837. The molecule has 1 aromatic heterocycles. The lowest BCUT2D eigenvalue weighted by molar-refractivity contribution is 0.0938. The number of hydrogen-bond donors (Lipinski definition) is 1. The van der Waals surface area contributed by atoms with Gasteiger partial charge in [-0.2, -0.15) is 5.10 Å². The summed E-state index contributed by atoms with van der Waals surface area (Å²) < 4.78 is 28.4. The molecule has 0 amide bonds. The smallest absolute Gasteiger partial charge is 0.259 e. The van der Waals surface area contributed by atoms with E-state index >= 15 is 0 Å². The third kappa shape index (κ3) is 3.74. The largest absolute Gasteiger partial charge is 0.304 e. The number of nitrogens with zero attached hydrogens (tertiary/aromatic N) is 2. The maximum Gasteiger partial charge on any atom is 0.259 e. The molecular formula is C11H18BrF2N3. The van der Waals surface area contributed by atoms with Crippen molar-refractivity contribution in [2.24, 2.45) is 0 Å². The zero-order valence-electron chi connectivity index (χ0n) is 10.1. The van der Waals surface area contributed by atoms with E-state index in [1.807, 2.05) is 13.8 Å². The van der Waals surface area contributed by atoms with Gasteiger partial charge in [-0.3, -0.25) is 4.68 Å². The van der Waals surface area contributed by atoms with Gasteiger partial charge in [0.15, 0.2) is 0 Å². The van der Waals surface area contributed by atoms with Gasteiger partial charge in [-0.15, -0.1) is 0 Å².